The van der Waals surface area contributed by atoms with Gasteiger partial charge in [-0.15, -0.1) is 0 Å². The van der Waals surface area contributed by atoms with Crippen LogP contribution in [0, 0.1) is 0 Å². The summed E-state index contributed by atoms with van der Waals surface area (Å²) in [7, 11) is 1.71. The Labute approximate surface area is 136 Å². The van der Waals surface area contributed by atoms with Gasteiger partial charge < -0.3 is 13.9 Å². The van der Waals surface area contributed by atoms with Gasteiger partial charge in [0.1, 0.15) is 5.75 Å². The lowest BCUT2D eigenvalue weighted by molar-refractivity contribution is 0.172. The molecule has 120 valence electrons. The van der Waals surface area contributed by atoms with Crippen LogP contribution in [0.3, 0.4) is 0 Å². The van der Waals surface area contributed by atoms with Crippen molar-refractivity contribution in [3.63, 3.8) is 0 Å². The zero-order valence-corrected chi connectivity index (χ0v) is 13.7. The fourth-order valence-electron chi connectivity index (χ4n) is 2.93. The molecule has 0 saturated carbocycles. The molecule has 0 aliphatic rings. The maximum Gasteiger partial charge on any atom is 0.127 e. The second-order valence-electron chi connectivity index (χ2n) is 5.51. The Morgan fingerprint density at radius 2 is 1.87 bits per heavy atom. The number of methoxy groups -OCH3 is 1. The van der Waals surface area contributed by atoms with Crippen molar-refractivity contribution in [1.29, 1.82) is 0 Å². The summed E-state index contributed by atoms with van der Waals surface area (Å²) in [5, 5.41) is 2.34. The maximum atomic E-state index is 6.03. The van der Waals surface area contributed by atoms with Crippen molar-refractivity contribution in [1.82, 2.24) is 0 Å². The van der Waals surface area contributed by atoms with E-state index in [1.54, 1.807) is 19.6 Å². The molecule has 3 rings (SSSR count). The highest BCUT2D eigenvalue weighted by Gasteiger charge is 2.14. The minimum atomic E-state index is 0.659. The predicted molar refractivity (Wildman–Crippen MR) is 93.0 cm³/mol. The number of ether oxygens (including phenoxy) is 2. The lowest BCUT2D eigenvalue weighted by Gasteiger charge is -2.16. The fourth-order valence-corrected chi connectivity index (χ4v) is 2.93. The molecule has 2 aromatic carbocycles. The molecule has 0 radical (unpaired) electrons. The minimum absolute atomic E-state index is 0.659. The van der Waals surface area contributed by atoms with Gasteiger partial charge in [-0.1, -0.05) is 31.2 Å². The Kier molecular flexibility index (Phi) is 4.99. The van der Waals surface area contributed by atoms with E-state index in [1.165, 1.54) is 16.5 Å². The molecule has 0 bridgehead atoms. The third-order valence-electron chi connectivity index (χ3n) is 4.03. The molecule has 3 heteroatoms. The molecule has 0 aliphatic carbocycles. The van der Waals surface area contributed by atoms with Crippen LogP contribution in [-0.4, -0.2) is 20.3 Å². The first-order chi connectivity index (χ1) is 11.3. The molecular weight excluding hydrogens is 288 g/mol. The van der Waals surface area contributed by atoms with Crippen LogP contribution in [0.25, 0.3) is 21.9 Å². The van der Waals surface area contributed by atoms with Gasteiger partial charge in [0.05, 0.1) is 19.1 Å². The van der Waals surface area contributed by atoms with Crippen LogP contribution < -0.4 is 4.74 Å². The highest BCUT2D eigenvalue weighted by molar-refractivity contribution is 6.01. The lowest BCUT2D eigenvalue weighted by Crippen LogP contribution is -2.03. The normalized spacial score (nSPS) is 11.0. The van der Waals surface area contributed by atoms with Crippen molar-refractivity contribution in [2.24, 2.45) is 0 Å². The van der Waals surface area contributed by atoms with E-state index in [4.69, 9.17) is 13.9 Å². The van der Waals surface area contributed by atoms with Gasteiger partial charge in [0.15, 0.2) is 0 Å². The van der Waals surface area contributed by atoms with Gasteiger partial charge in [0.25, 0.3) is 0 Å². The second-order valence-corrected chi connectivity index (χ2v) is 5.51. The minimum Gasteiger partial charge on any atom is -0.493 e. The molecule has 0 saturated heterocycles. The molecular formula is C20H22O3. The van der Waals surface area contributed by atoms with Crippen LogP contribution >= 0.6 is 0 Å². The number of benzene rings is 2. The van der Waals surface area contributed by atoms with E-state index >= 15 is 0 Å². The van der Waals surface area contributed by atoms with Crippen LogP contribution in [0.5, 0.6) is 5.75 Å². The van der Waals surface area contributed by atoms with E-state index in [0.717, 1.165) is 29.5 Å². The summed E-state index contributed by atoms with van der Waals surface area (Å²) < 4.78 is 16.4. The third-order valence-corrected chi connectivity index (χ3v) is 4.03. The van der Waals surface area contributed by atoms with Crippen molar-refractivity contribution in [2.75, 3.05) is 20.3 Å². The van der Waals surface area contributed by atoms with Gasteiger partial charge in [-0.25, -0.2) is 0 Å². The zero-order valence-electron chi connectivity index (χ0n) is 13.7. The number of hydrogen-bond acceptors (Lipinski definition) is 3. The van der Waals surface area contributed by atoms with Crippen molar-refractivity contribution in [3.8, 4) is 16.9 Å². The lowest BCUT2D eigenvalue weighted by atomic mass is 9.93. The zero-order chi connectivity index (χ0) is 16.1. The van der Waals surface area contributed by atoms with E-state index in [2.05, 4.69) is 37.3 Å². The number of rotatable bonds is 7. The molecule has 0 amide bonds. The molecule has 0 aliphatic heterocycles. The second kappa shape index (κ2) is 7.34. The van der Waals surface area contributed by atoms with Gasteiger partial charge in [-0.3, -0.25) is 0 Å². The third kappa shape index (κ3) is 3.25. The summed E-state index contributed by atoms with van der Waals surface area (Å²) in [4.78, 5) is 0. The van der Waals surface area contributed by atoms with Crippen LogP contribution in [0.15, 0.2) is 53.3 Å². The first-order valence-corrected chi connectivity index (χ1v) is 8.04. The fraction of sp³-hybridized carbons (Fsp3) is 0.300. The monoisotopic (exact) mass is 310 g/mol. The van der Waals surface area contributed by atoms with E-state index in [9.17, 15) is 0 Å². The van der Waals surface area contributed by atoms with E-state index < -0.39 is 0 Å². The molecule has 0 unspecified atom stereocenters. The Hall–Kier alpha value is -2.26. The smallest absolute Gasteiger partial charge is 0.127 e. The molecule has 3 aromatic rings. The standard InChI is InChI=1S/C20H22O3/c1-3-15-13-19(23-11-6-10-21-2)17-7-4-5-8-18(17)20(15)16-9-12-22-14-16/h4-5,7-9,12-14H,3,6,10-11H2,1-2H3. The van der Waals surface area contributed by atoms with Crippen LogP contribution in [0.1, 0.15) is 18.9 Å². The molecule has 3 nitrogen and oxygen atoms in total. The number of aryl methyl sites for hydroxylation is 1. The molecule has 1 aromatic heterocycles. The largest absolute Gasteiger partial charge is 0.493 e. The SMILES string of the molecule is CCc1cc(OCCCOC)c2ccccc2c1-c1ccoc1. The molecule has 0 spiro atoms. The summed E-state index contributed by atoms with van der Waals surface area (Å²) in [6.07, 6.45) is 5.36. The van der Waals surface area contributed by atoms with Crippen LogP contribution in [-0.2, 0) is 11.2 Å². The summed E-state index contributed by atoms with van der Waals surface area (Å²) in [6.45, 7) is 3.54. The molecule has 0 fully saturated rings. The molecule has 0 N–H and O–H groups in total. The molecule has 23 heavy (non-hydrogen) atoms. The summed E-state index contributed by atoms with van der Waals surface area (Å²) in [6, 6.07) is 12.6. The average Bonchev–Trinajstić information content (AvgIpc) is 3.12. The summed E-state index contributed by atoms with van der Waals surface area (Å²) in [5.41, 5.74) is 3.62. The van der Waals surface area contributed by atoms with E-state index in [1.807, 2.05) is 6.07 Å². The highest BCUT2D eigenvalue weighted by atomic mass is 16.5. The topological polar surface area (TPSA) is 31.6 Å². The number of furan rings is 1. The van der Waals surface area contributed by atoms with Crippen molar-refractivity contribution >= 4 is 10.8 Å². The van der Waals surface area contributed by atoms with Gasteiger partial charge >= 0.3 is 0 Å². The molecule has 0 atom stereocenters. The van der Waals surface area contributed by atoms with E-state index in [0.29, 0.717) is 13.2 Å². The highest BCUT2D eigenvalue weighted by Crippen LogP contribution is 2.38. The Balaban J connectivity index is 2.07. The number of hydrogen-bond donors (Lipinski definition) is 0. The van der Waals surface area contributed by atoms with E-state index in [-0.39, 0.29) is 0 Å². The number of fused-ring (bicyclic) bond motifs is 1. The summed E-state index contributed by atoms with van der Waals surface area (Å²) in [5.74, 6) is 0.945. The van der Waals surface area contributed by atoms with Crippen molar-refractivity contribution < 1.29 is 13.9 Å². The van der Waals surface area contributed by atoms with Crippen molar-refractivity contribution in [2.45, 2.75) is 19.8 Å². The first kappa shape index (κ1) is 15.6. The maximum absolute atomic E-state index is 6.03. The Bertz CT molecular complexity index is 760. The van der Waals surface area contributed by atoms with Gasteiger partial charge in [-0.05, 0) is 35.1 Å². The molecule has 1 heterocycles. The Morgan fingerprint density at radius 3 is 2.57 bits per heavy atom. The van der Waals surface area contributed by atoms with Crippen LogP contribution in [0.2, 0.25) is 0 Å². The first-order valence-electron chi connectivity index (χ1n) is 8.04. The van der Waals surface area contributed by atoms with Crippen LogP contribution in [0.4, 0.5) is 0 Å². The average molecular weight is 310 g/mol. The van der Waals surface area contributed by atoms with Gasteiger partial charge in [0, 0.05) is 31.1 Å². The summed E-state index contributed by atoms with van der Waals surface area (Å²) >= 11 is 0. The Morgan fingerprint density at radius 1 is 1.04 bits per heavy atom. The quantitative estimate of drug-likeness (QED) is 0.570. The van der Waals surface area contributed by atoms with Crippen molar-refractivity contribution in [3.05, 3.63) is 54.5 Å². The predicted octanol–water partition coefficient (Wildman–Crippen LogP) is 5.08. The van der Waals surface area contributed by atoms with Gasteiger partial charge in [0.2, 0.25) is 0 Å². The van der Waals surface area contributed by atoms with Gasteiger partial charge in [-0.2, -0.15) is 0 Å².